The summed E-state index contributed by atoms with van der Waals surface area (Å²) >= 11 is 1.79. The van der Waals surface area contributed by atoms with Gasteiger partial charge in [-0.05, 0) is 48.4 Å². The first-order valence-electron chi connectivity index (χ1n) is 7.24. The predicted molar refractivity (Wildman–Crippen MR) is 89.7 cm³/mol. The first-order chi connectivity index (χ1) is 9.56. The van der Waals surface area contributed by atoms with E-state index in [0.29, 0.717) is 0 Å². The Morgan fingerprint density at radius 1 is 1.20 bits per heavy atom. The molecular weight excluding hydrogens is 264 g/mol. The molecule has 0 fully saturated rings. The lowest BCUT2D eigenvalue weighted by Gasteiger charge is -2.19. The highest BCUT2D eigenvalue weighted by Gasteiger charge is 2.23. The van der Waals surface area contributed by atoms with E-state index in [9.17, 15) is 0 Å². The topological polar surface area (TPSA) is 29.3 Å². The van der Waals surface area contributed by atoms with E-state index in [1.165, 1.54) is 46.5 Å². The highest BCUT2D eigenvalue weighted by atomic mass is 32.1. The molecule has 3 heteroatoms. The Labute approximate surface area is 125 Å². The Bertz CT molecular complexity index is 611. The second-order valence-corrected chi connectivity index (χ2v) is 7.17. The van der Waals surface area contributed by atoms with E-state index < -0.39 is 0 Å². The third-order valence-corrected chi connectivity index (χ3v) is 5.29. The number of thiophene rings is 1. The number of hydrogen-bond donors (Lipinski definition) is 1. The SMILES string of the molecule is CC1CCc2c(sc(N)c2-c2ccc(N(C)C)cc2)C1. The predicted octanol–water partition coefficient (Wildman–Crippen LogP) is 4.19. The summed E-state index contributed by atoms with van der Waals surface area (Å²) in [6.45, 7) is 2.34. The van der Waals surface area contributed by atoms with Gasteiger partial charge in [0, 0.05) is 30.2 Å². The van der Waals surface area contributed by atoms with Gasteiger partial charge in [-0.3, -0.25) is 0 Å². The van der Waals surface area contributed by atoms with Gasteiger partial charge < -0.3 is 10.6 Å². The number of benzene rings is 1. The molecular formula is C17H22N2S. The summed E-state index contributed by atoms with van der Waals surface area (Å²) in [4.78, 5) is 3.63. The summed E-state index contributed by atoms with van der Waals surface area (Å²) < 4.78 is 0. The summed E-state index contributed by atoms with van der Waals surface area (Å²) in [6.07, 6.45) is 3.65. The van der Waals surface area contributed by atoms with Crippen LogP contribution in [0.15, 0.2) is 24.3 Å². The number of nitrogens with two attached hydrogens (primary N) is 1. The fraction of sp³-hybridized carbons (Fsp3) is 0.412. The van der Waals surface area contributed by atoms with E-state index in [4.69, 9.17) is 5.73 Å². The zero-order valence-electron chi connectivity index (χ0n) is 12.4. The maximum absolute atomic E-state index is 6.30. The van der Waals surface area contributed by atoms with Crippen LogP contribution in [0.25, 0.3) is 11.1 Å². The van der Waals surface area contributed by atoms with Gasteiger partial charge >= 0.3 is 0 Å². The van der Waals surface area contributed by atoms with Crippen molar-refractivity contribution in [2.45, 2.75) is 26.2 Å². The monoisotopic (exact) mass is 286 g/mol. The van der Waals surface area contributed by atoms with Crippen LogP contribution in [0.5, 0.6) is 0 Å². The second-order valence-electron chi connectivity index (χ2n) is 6.03. The fourth-order valence-electron chi connectivity index (χ4n) is 3.01. The van der Waals surface area contributed by atoms with Crippen molar-refractivity contribution in [3.8, 4) is 11.1 Å². The average molecular weight is 286 g/mol. The highest BCUT2D eigenvalue weighted by molar-refractivity contribution is 7.16. The van der Waals surface area contributed by atoms with Crippen LogP contribution in [0.3, 0.4) is 0 Å². The van der Waals surface area contributed by atoms with Crippen molar-refractivity contribution in [1.29, 1.82) is 0 Å². The molecule has 0 saturated heterocycles. The van der Waals surface area contributed by atoms with Crippen molar-refractivity contribution in [1.82, 2.24) is 0 Å². The van der Waals surface area contributed by atoms with Crippen molar-refractivity contribution in [2.75, 3.05) is 24.7 Å². The Kier molecular flexibility index (Phi) is 3.47. The largest absolute Gasteiger partial charge is 0.390 e. The summed E-state index contributed by atoms with van der Waals surface area (Å²) in [5, 5.41) is 0.988. The standard InChI is InChI=1S/C17H22N2S/c1-11-4-9-14-15(10-11)20-17(18)16(14)12-5-7-13(8-6-12)19(2)3/h5-8,11H,4,9-10,18H2,1-3H3. The number of rotatable bonds is 2. The molecule has 106 valence electrons. The van der Waals surface area contributed by atoms with Gasteiger partial charge in [-0.2, -0.15) is 0 Å². The molecule has 20 heavy (non-hydrogen) atoms. The van der Waals surface area contributed by atoms with Crippen LogP contribution in [-0.4, -0.2) is 14.1 Å². The van der Waals surface area contributed by atoms with E-state index in [1.807, 2.05) is 0 Å². The van der Waals surface area contributed by atoms with Gasteiger partial charge in [-0.25, -0.2) is 0 Å². The third kappa shape index (κ3) is 2.31. The van der Waals surface area contributed by atoms with Crippen molar-refractivity contribution in [3.05, 3.63) is 34.7 Å². The Morgan fingerprint density at radius 2 is 1.90 bits per heavy atom. The van der Waals surface area contributed by atoms with Crippen LogP contribution >= 0.6 is 11.3 Å². The molecule has 0 aliphatic heterocycles. The maximum Gasteiger partial charge on any atom is 0.0941 e. The van der Waals surface area contributed by atoms with E-state index in [1.54, 1.807) is 11.3 Å². The van der Waals surface area contributed by atoms with Crippen LogP contribution in [0.2, 0.25) is 0 Å². The van der Waals surface area contributed by atoms with Gasteiger partial charge in [-0.1, -0.05) is 19.1 Å². The molecule has 1 aromatic heterocycles. The quantitative estimate of drug-likeness (QED) is 0.897. The number of hydrogen-bond acceptors (Lipinski definition) is 3. The zero-order valence-corrected chi connectivity index (χ0v) is 13.3. The van der Waals surface area contributed by atoms with Crippen LogP contribution in [-0.2, 0) is 12.8 Å². The summed E-state index contributed by atoms with van der Waals surface area (Å²) in [7, 11) is 4.13. The number of anilines is 2. The molecule has 0 amide bonds. The van der Waals surface area contributed by atoms with Crippen LogP contribution in [0.4, 0.5) is 10.7 Å². The van der Waals surface area contributed by atoms with E-state index in [2.05, 4.69) is 50.2 Å². The van der Waals surface area contributed by atoms with Crippen molar-refractivity contribution >= 4 is 22.0 Å². The molecule has 0 spiro atoms. The smallest absolute Gasteiger partial charge is 0.0941 e. The highest BCUT2D eigenvalue weighted by Crippen LogP contribution is 2.43. The zero-order chi connectivity index (χ0) is 14.3. The van der Waals surface area contributed by atoms with Crippen molar-refractivity contribution < 1.29 is 0 Å². The first kappa shape index (κ1) is 13.5. The molecule has 1 heterocycles. The lowest BCUT2D eigenvalue weighted by molar-refractivity contribution is 0.508. The Balaban J connectivity index is 2.02. The minimum absolute atomic E-state index is 0.796. The Hall–Kier alpha value is -1.48. The van der Waals surface area contributed by atoms with Gasteiger partial charge in [-0.15, -0.1) is 11.3 Å². The van der Waals surface area contributed by atoms with Crippen molar-refractivity contribution in [3.63, 3.8) is 0 Å². The fourth-order valence-corrected chi connectivity index (χ4v) is 4.32. The molecule has 1 aliphatic carbocycles. The second kappa shape index (κ2) is 5.13. The average Bonchev–Trinajstić information content (AvgIpc) is 2.73. The minimum Gasteiger partial charge on any atom is -0.390 e. The molecule has 1 unspecified atom stereocenters. The van der Waals surface area contributed by atoms with E-state index >= 15 is 0 Å². The summed E-state index contributed by atoms with van der Waals surface area (Å²) in [6, 6.07) is 8.74. The maximum atomic E-state index is 6.30. The molecule has 2 N–H and O–H groups in total. The number of nitrogen functional groups attached to an aromatic ring is 1. The molecule has 0 saturated carbocycles. The van der Waals surface area contributed by atoms with Gasteiger partial charge in [0.05, 0.1) is 5.00 Å². The summed E-state index contributed by atoms with van der Waals surface area (Å²) in [5.74, 6) is 0.796. The van der Waals surface area contributed by atoms with E-state index in [-0.39, 0.29) is 0 Å². The van der Waals surface area contributed by atoms with Gasteiger partial charge in [0.1, 0.15) is 0 Å². The number of nitrogens with zero attached hydrogens (tertiary/aromatic N) is 1. The first-order valence-corrected chi connectivity index (χ1v) is 8.05. The van der Waals surface area contributed by atoms with Crippen molar-refractivity contribution in [2.24, 2.45) is 5.92 Å². The molecule has 0 bridgehead atoms. The molecule has 1 aromatic carbocycles. The molecule has 3 rings (SSSR count). The molecule has 1 atom stereocenters. The molecule has 2 nitrogen and oxygen atoms in total. The van der Waals surface area contributed by atoms with Crippen LogP contribution < -0.4 is 10.6 Å². The van der Waals surface area contributed by atoms with E-state index in [0.717, 1.165) is 10.9 Å². The van der Waals surface area contributed by atoms with Gasteiger partial charge in [0.2, 0.25) is 0 Å². The molecule has 1 aliphatic rings. The summed E-state index contributed by atoms with van der Waals surface area (Å²) in [5.41, 5.74) is 11.6. The normalized spacial score (nSPS) is 17.9. The third-order valence-electron chi connectivity index (χ3n) is 4.21. The minimum atomic E-state index is 0.796. The van der Waals surface area contributed by atoms with Crippen LogP contribution in [0.1, 0.15) is 23.8 Å². The molecule has 2 aromatic rings. The van der Waals surface area contributed by atoms with Crippen LogP contribution in [0, 0.1) is 5.92 Å². The number of fused-ring (bicyclic) bond motifs is 1. The Morgan fingerprint density at radius 3 is 2.55 bits per heavy atom. The molecule has 0 radical (unpaired) electrons. The lowest BCUT2D eigenvalue weighted by atomic mass is 9.87. The van der Waals surface area contributed by atoms with Gasteiger partial charge in [0.15, 0.2) is 0 Å². The lowest BCUT2D eigenvalue weighted by Crippen LogP contribution is -2.09. The van der Waals surface area contributed by atoms with Gasteiger partial charge in [0.25, 0.3) is 0 Å².